The average Bonchev–Trinajstić information content (AvgIpc) is 2.50. The summed E-state index contributed by atoms with van der Waals surface area (Å²) in [7, 11) is 0. The number of para-hydroxylation sites is 2. The molecule has 8 nitrogen and oxygen atoms in total. The van der Waals surface area contributed by atoms with E-state index in [1.807, 2.05) is 20.8 Å². The number of rotatable bonds is 8. The van der Waals surface area contributed by atoms with Gasteiger partial charge >= 0.3 is 11.7 Å². The molecule has 1 rings (SSSR count). The number of ether oxygens (including phenoxy) is 2. The SMILES string of the molecule is CC(C)[C@@H](C)NC(=O)COC(=O)COc1ccccc1[N+](=O)[O-]. The number of hydrogen-bond donors (Lipinski definition) is 1. The first-order chi connectivity index (χ1) is 10.8. The summed E-state index contributed by atoms with van der Waals surface area (Å²) in [6.07, 6.45) is 0. The van der Waals surface area contributed by atoms with Crippen molar-refractivity contribution < 1.29 is 24.0 Å². The molecule has 0 radical (unpaired) electrons. The molecule has 23 heavy (non-hydrogen) atoms. The van der Waals surface area contributed by atoms with Crippen molar-refractivity contribution in [3.8, 4) is 5.75 Å². The Bertz CT molecular complexity index is 573. The predicted octanol–water partition coefficient (Wildman–Crippen LogP) is 1.68. The molecule has 1 atom stereocenters. The summed E-state index contributed by atoms with van der Waals surface area (Å²) >= 11 is 0. The van der Waals surface area contributed by atoms with Gasteiger partial charge in [-0.1, -0.05) is 26.0 Å². The summed E-state index contributed by atoms with van der Waals surface area (Å²) < 4.78 is 9.82. The molecule has 1 amide bonds. The van der Waals surface area contributed by atoms with Gasteiger partial charge in [-0.05, 0) is 18.9 Å². The minimum Gasteiger partial charge on any atom is -0.475 e. The van der Waals surface area contributed by atoms with Crippen LogP contribution in [-0.4, -0.2) is 36.1 Å². The van der Waals surface area contributed by atoms with E-state index in [9.17, 15) is 19.7 Å². The van der Waals surface area contributed by atoms with E-state index in [0.29, 0.717) is 0 Å². The molecule has 0 aliphatic heterocycles. The van der Waals surface area contributed by atoms with Gasteiger partial charge in [0.05, 0.1) is 4.92 Å². The zero-order valence-electron chi connectivity index (χ0n) is 13.3. The van der Waals surface area contributed by atoms with E-state index < -0.39 is 30.0 Å². The molecule has 0 saturated carbocycles. The fourth-order valence-corrected chi connectivity index (χ4v) is 1.52. The number of esters is 1. The number of carbonyl (C=O) groups is 2. The number of carbonyl (C=O) groups excluding carboxylic acids is 2. The molecule has 1 aromatic rings. The first-order valence-electron chi connectivity index (χ1n) is 7.12. The van der Waals surface area contributed by atoms with Crippen LogP contribution in [0.3, 0.4) is 0 Å². The standard InChI is InChI=1S/C15H20N2O6/c1-10(2)11(3)16-14(18)8-23-15(19)9-22-13-7-5-4-6-12(13)17(20)21/h4-7,10-11H,8-9H2,1-3H3,(H,16,18)/t11-/m1/s1. The van der Waals surface area contributed by atoms with Crippen LogP contribution in [0, 0.1) is 16.0 Å². The van der Waals surface area contributed by atoms with Gasteiger partial charge in [0.1, 0.15) is 0 Å². The van der Waals surface area contributed by atoms with Crippen LogP contribution in [-0.2, 0) is 14.3 Å². The van der Waals surface area contributed by atoms with Crippen LogP contribution < -0.4 is 10.1 Å². The van der Waals surface area contributed by atoms with Gasteiger partial charge < -0.3 is 14.8 Å². The van der Waals surface area contributed by atoms with Crippen molar-refractivity contribution in [3.05, 3.63) is 34.4 Å². The van der Waals surface area contributed by atoms with Crippen molar-refractivity contribution in [1.82, 2.24) is 5.32 Å². The minimum absolute atomic E-state index is 0.0349. The summed E-state index contributed by atoms with van der Waals surface area (Å²) in [6, 6.07) is 5.64. The first kappa shape index (κ1) is 18.4. The molecule has 0 fully saturated rings. The largest absolute Gasteiger partial charge is 0.475 e. The summed E-state index contributed by atoms with van der Waals surface area (Å²) in [4.78, 5) is 33.3. The quantitative estimate of drug-likeness (QED) is 0.443. The second-order valence-corrected chi connectivity index (χ2v) is 5.27. The highest BCUT2D eigenvalue weighted by atomic mass is 16.6. The number of hydrogen-bond acceptors (Lipinski definition) is 6. The van der Waals surface area contributed by atoms with E-state index in [4.69, 9.17) is 9.47 Å². The maximum atomic E-state index is 11.6. The van der Waals surface area contributed by atoms with Gasteiger partial charge in [0.15, 0.2) is 19.0 Å². The molecule has 0 aromatic heterocycles. The normalized spacial score (nSPS) is 11.7. The third-order valence-corrected chi connectivity index (χ3v) is 3.16. The number of benzene rings is 1. The summed E-state index contributed by atoms with van der Waals surface area (Å²) in [5.41, 5.74) is -0.246. The van der Waals surface area contributed by atoms with E-state index in [0.717, 1.165) is 0 Å². The fraction of sp³-hybridized carbons (Fsp3) is 0.467. The van der Waals surface area contributed by atoms with Crippen LogP contribution in [0.25, 0.3) is 0 Å². The lowest BCUT2D eigenvalue weighted by Crippen LogP contribution is -2.39. The summed E-state index contributed by atoms with van der Waals surface area (Å²) in [5.74, 6) is -0.968. The molecule has 0 saturated heterocycles. The second-order valence-electron chi connectivity index (χ2n) is 5.27. The van der Waals surface area contributed by atoms with Crippen molar-refractivity contribution in [2.24, 2.45) is 5.92 Å². The number of nitrogens with one attached hydrogen (secondary N) is 1. The maximum Gasteiger partial charge on any atom is 0.344 e. The molecule has 0 unspecified atom stereocenters. The molecule has 0 heterocycles. The Labute approximate surface area is 133 Å². The van der Waals surface area contributed by atoms with Gasteiger partial charge in [0.2, 0.25) is 0 Å². The van der Waals surface area contributed by atoms with Gasteiger partial charge in [0.25, 0.3) is 5.91 Å². The third kappa shape index (κ3) is 6.33. The molecule has 0 spiro atoms. The van der Waals surface area contributed by atoms with Crippen LogP contribution >= 0.6 is 0 Å². The van der Waals surface area contributed by atoms with Crippen molar-refractivity contribution in [3.63, 3.8) is 0 Å². The third-order valence-electron chi connectivity index (χ3n) is 3.16. The molecular weight excluding hydrogens is 304 g/mol. The lowest BCUT2D eigenvalue weighted by Gasteiger charge is -2.17. The van der Waals surface area contributed by atoms with E-state index >= 15 is 0 Å². The average molecular weight is 324 g/mol. The molecule has 0 aliphatic carbocycles. The molecular formula is C15H20N2O6. The second kappa shape index (κ2) is 8.72. The van der Waals surface area contributed by atoms with Crippen LogP contribution in [0.5, 0.6) is 5.75 Å². The highest BCUT2D eigenvalue weighted by molar-refractivity contribution is 5.81. The zero-order valence-corrected chi connectivity index (χ0v) is 13.3. The van der Waals surface area contributed by atoms with Crippen molar-refractivity contribution >= 4 is 17.6 Å². The highest BCUT2D eigenvalue weighted by Gasteiger charge is 2.16. The van der Waals surface area contributed by atoms with Crippen molar-refractivity contribution in [2.75, 3.05) is 13.2 Å². The predicted molar refractivity (Wildman–Crippen MR) is 82.0 cm³/mol. The van der Waals surface area contributed by atoms with Gasteiger partial charge in [-0.15, -0.1) is 0 Å². The Hall–Kier alpha value is -2.64. The monoisotopic (exact) mass is 324 g/mol. The van der Waals surface area contributed by atoms with Crippen LogP contribution in [0.4, 0.5) is 5.69 Å². The van der Waals surface area contributed by atoms with Gasteiger partial charge in [0, 0.05) is 12.1 Å². The molecule has 1 N–H and O–H groups in total. The number of nitro groups is 1. The van der Waals surface area contributed by atoms with Gasteiger partial charge in [-0.25, -0.2) is 4.79 Å². The first-order valence-corrected chi connectivity index (χ1v) is 7.12. The van der Waals surface area contributed by atoms with Crippen molar-refractivity contribution in [2.45, 2.75) is 26.8 Å². The summed E-state index contributed by atoms with van der Waals surface area (Å²) in [6.45, 7) is 4.82. The number of nitro benzene ring substituents is 1. The van der Waals surface area contributed by atoms with E-state index in [1.54, 1.807) is 6.07 Å². The van der Waals surface area contributed by atoms with Gasteiger partial charge in [-0.2, -0.15) is 0 Å². The Kier molecular flexibility index (Phi) is 6.98. The molecule has 126 valence electrons. The van der Waals surface area contributed by atoms with E-state index in [2.05, 4.69) is 5.32 Å². The minimum atomic E-state index is -0.782. The summed E-state index contributed by atoms with van der Waals surface area (Å²) in [5, 5.41) is 13.5. The lowest BCUT2D eigenvalue weighted by molar-refractivity contribution is -0.385. The van der Waals surface area contributed by atoms with Crippen LogP contribution in [0.2, 0.25) is 0 Å². The maximum absolute atomic E-state index is 11.6. The Morgan fingerprint density at radius 3 is 2.48 bits per heavy atom. The Morgan fingerprint density at radius 1 is 1.22 bits per heavy atom. The molecule has 0 bridgehead atoms. The Morgan fingerprint density at radius 2 is 1.87 bits per heavy atom. The number of nitrogens with zero attached hydrogens (tertiary/aromatic N) is 1. The van der Waals surface area contributed by atoms with E-state index in [-0.39, 0.29) is 23.4 Å². The molecule has 0 aliphatic rings. The lowest BCUT2D eigenvalue weighted by atomic mass is 10.1. The fourth-order valence-electron chi connectivity index (χ4n) is 1.52. The molecule has 8 heteroatoms. The van der Waals surface area contributed by atoms with Gasteiger partial charge in [-0.3, -0.25) is 14.9 Å². The molecule has 1 aromatic carbocycles. The number of amides is 1. The zero-order chi connectivity index (χ0) is 17.4. The Balaban J connectivity index is 2.41. The van der Waals surface area contributed by atoms with Crippen LogP contribution in [0.1, 0.15) is 20.8 Å². The topological polar surface area (TPSA) is 108 Å². The van der Waals surface area contributed by atoms with Crippen LogP contribution in [0.15, 0.2) is 24.3 Å². The van der Waals surface area contributed by atoms with Crippen molar-refractivity contribution in [1.29, 1.82) is 0 Å². The highest BCUT2D eigenvalue weighted by Crippen LogP contribution is 2.25. The smallest absolute Gasteiger partial charge is 0.344 e. The van der Waals surface area contributed by atoms with E-state index in [1.165, 1.54) is 18.2 Å².